The second-order valence-corrected chi connectivity index (χ2v) is 5.77. The third-order valence-electron chi connectivity index (χ3n) is 3.82. The first kappa shape index (κ1) is 15.7. The van der Waals surface area contributed by atoms with Gasteiger partial charge in [-0.3, -0.25) is 19.8 Å². The standard InChI is InChI=1S/C14H17ClN2O4/c1-9-6-16(8-12(9)14(18)21-2)7-10-5-11(15)3-4-13(10)17(19)20/h3-5,9,12H,6-8H2,1-2H3. The summed E-state index contributed by atoms with van der Waals surface area (Å²) in [5.74, 6) is -0.255. The number of hydrogen-bond acceptors (Lipinski definition) is 5. The largest absolute Gasteiger partial charge is 0.469 e. The number of esters is 1. The van der Waals surface area contributed by atoms with Gasteiger partial charge in [0.2, 0.25) is 0 Å². The SMILES string of the molecule is COC(=O)C1CN(Cc2cc(Cl)ccc2[N+](=O)[O-])CC1C. The van der Waals surface area contributed by atoms with Gasteiger partial charge in [0.1, 0.15) is 0 Å². The van der Waals surface area contributed by atoms with Crippen LogP contribution < -0.4 is 0 Å². The fraction of sp³-hybridized carbons (Fsp3) is 0.500. The number of nitro groups is 1. The summed E-state index contributed by atoms with van der Waals surface area (Å²) >= 11 is 5.92. The molecule has 1 aliphatic rings. The Morgan fingerprint density at radius 2 is 2.24 bits per heavy atom. The average molecular weight is 313 g/mol. The Morgan fingerprint density at radius 1 is 1.52 bits per heavy atom. The van der Waals surface area contributed by atoms with Gasteiger partial charge < -0.3 is 4.74 Å². The first-order valence-electron chi connectivity index (χ1n) is 6.65. The number of ether oxygens (including phenoxy) is 1. The molecule has 0 N–H and O–H groups in total. The van der Waals surface area contributed by atoms with Crippen LogP contribution in [0, 0.1) is 22.0 Å². The lowest BCUT2D eigenvalue weighted by Crippen LogP contribution is -2.24. The van der Waals surface area contributed by atoms with Gasteiger partial charge in [-0.25, -0.2) is 0 Å². The van der Waals surface area contributed by atoms with Crippen molar-refractivity contribution >= 4 is 23.3 Å². The number of benzene rings is 1. The molecule has 1 aromatic carbocycles. The van der Waals surface area contributed by atoms with E-state index >= 15 is 0 Å². The molecule has 2 unspecified atom stereocenters. The maximum atomic E-state index is 11.7. The van der Waals surface area contributed by atoms with Crippen molar-refractivity contribution in [1.29, 1.82) is 0 Å². The van der Waals surface area contributed by atoms with Crippen LogP contribution in [0.4, 0.5) is 5.69 Å². The fourth-order valence-electron chi connectivity index (χ4n) is 2.75. The smallest absolute Gasteiger partial charge is 0.310 e. The van der Waals surface area contributed by atoms with Crippen LogP contribution in [-0.2, 0) is 16.1 Å². The summed E-state index contributed by atoms with van der Waals surface area (Å²) in [6.07, 6.45) is 0. The van der Waals surface area contributed by atoms with Crippen LogP contribution in [0.5, 0.6) is 0 Å². The predicted molar refractivity (Wildman–Crippen MR) is 78.1 cm³/mol. The lowest BCUT2D eigenvalue weighted by atomic mass is 9.99. The zero-order chi connectivity index (χ0) is 15.6. The Kier molecular flexibility index (Phi) is 4.80. The molecule has 1 heterocycles. The molecular weight excluding hydrogens is 296 g/mol. The van der Waals surface area contributed by atoms with Crippen molar-refractivity contribution in [3.63, 3.8) is 0 Å². The third kappa shape index (κ3) is 3.51. The number of methoxy groups -OCH3 is 1. The molecule has 6 nitrogen and oxygen atoms in total. The number of likely N-dealkylation sites (tertiary alicyclic amines) is 1. The lowest BCUT2D eigenvalue weighted by molar-refractivity contribution is -0.385. The maximum absolute atomic E-state index is 11.7. The van der Waals surface area contributed by atoms with Crippen LogP contribution >= 0.6 is 11.6 Å². The molecule has 0 aromatic heterocycles. The molecule has 0 aliphatic carbocycles. The molecule has 21 heavy (non-hydrogen) atoms. The molecular formula is C14H17ClN2O4. The van der Waals surface area contributed by atoms with Crippen molar-refractivity contribution in [2.75, 3.05) is 20.2 Å². The van der Waals surface area contributed by atoms with Crippen LogP contribution in [0.3, 0.4) is 0 Å². The van der Waals surface area contributed by atoms with Gasteiger partial charge in [-0.15, -0.1) is 0 Å². The second-order valence-electron chi connectivity index (χ2n) is 5.33. The van der Waals surface area contributed by atoms with Gasteiger partial charge in [-0.05, 0) is 18.1 Å². The van der Waals surface area contributed by atoms with Crippen LogP contribution in [0.1, 0.15) is 12.5 Å². The van der Waals surface area contributed by atoms with Crippen molar-refractivity contribution in [2.45, 2.75) is 13.5 Å². The number of halogens is 1. The molecule has 1 aliphatic heterocycles. The Balaban J connectivity index is 2.15. The highest BCUT2D eigenvalue weighted by Gasteiger charge is 2.36. The quantitative estimate of drug-likeness (QED) is 0.485. The molecule has 1 saturated heterocycles. The zero-order valence-electron chi connectivity index (χ0n) is 11.9. The summed E-state index contributed by atoms with van der Waals surface area (Å²) < 4.78 is 4.79. The second kappa shape index (κ2) is 6.41. The van der Waals surface area contributed by atoms with E-state index < -0.39 is 4.92 Å². The monoisotopic (exact) mass is 312 g/mol. The Labute approximate surface area is 127 Å². The summed E-state index contributed by atoms with van der Waals surface area (Å²) in [6, 6.07) is 4.53. The normalized spacial score (nSPS) is 22.2. The predicted octanol–water partition coefficient (Wildman–Crippen LogP) is 2.49. The summed E-state index contributed by atoms with van der Waals surface area (Å²) in [6.45, 7) is 3.61. The van der Waals surface area contributed by atoms with E-state index in [0.29, 0.717) is 30.2 Å². The minimum Gasteiger partial charge on any atom is -0.469 e. The van der Waals surface area contributed by atoms with E-state index in [1.54, 1.807) is 6.07 Å². The first-order chi connectivity index (χ1) is 9.92. The van der Waals surface area contributed by atoms with Crippen LogP contribution in [-0.4, -0.2) is 36.0 Å². The van der Waals surface area contributed by atoms with Gasteiger partial charge >= 0.3 is 5.97 Å². The minimum absolute atomic E-state index is 0.0496. The van der Waals surface area contributed by atoms with Crippen LogP contribution in [0.25, 0.3) is 0 Å². The Morgan fingerprint density at radius 3 is 2.86 bits per heavy atom. The number of hydrogen-bond donors (Lipinski definition) is 0. The molecule has 114 valence electrons. The number of carbonyl (C=O) groups is 1. The Bertz CT molecular complexity index is 564. The van der Waals surface area contributed by atoms with Crippen molar-refractivity contribution in [2.24, 2.45) is 11.8 Å². The fourth-order valence-corrected chi connectivity index (χ4v) is 2.95. The number of rotatable bonds is 4. The van der Waals surface area contributed by atoms with Crippen molar-refractivity contribution in [1.82, 2.24) is 4.90 Å². The van der Waals surface area contributed by atoms with E-state index in [1.165, 1.54) is 19.2 Å². The van der Waals surface area contributed by atoms with Gasteiger partial charge in [0.15, 0.2) is 0 Å². The van der Waals surface area contributed by atoms with Crippen molar-refractivity contribution in [3.05, 3.63) is 38.9 Å². The topological polar surface area (TPSA) is 72.7 Å². The maximum Gasteiger partial charge on any atom is 0.310 e. The van der Waals surface area contributed by atoms with Gasteiger partial charge in [0.05, 0.1) is 18.0 Å². The summed E-state index contributed by atoms with van der Waals surface area (Å²) in [4.78, 5) is 24.3. The highest BCUT2D eigenvalue weighted by molar-refractivity contribution is 6.30. The van der Waals surface area contributed by atoms with Crippen molar-refractivity contribution < 1.29 is 14.5 Å². The van der Waals surface area contributed by atoms with E-state index in [9.17, 15) is 14.9 Å². The highest BCUT2D eigenvalue weighted by atomic mass is 35.5. The lowest BCUT2D eigenvalue weighted by Gasteiger charge is -2.15. The molecule has 0 amide bonds. The molecule has 1 aromatic rings. The van der Waals surface area contributed by atoms with E-state index in [4.69, 9.17) is 16.3 Å². The first-order valence-corrected chi connectivity index (χ1v) is 7.03. The van der Waals surface area contributed by atoms with Gasteiger partial charge in [-0.2, -0.15) is 0 Å². The third-order valence-corrected chi connectivity index (χ3v) is 4.06. The zero-order valence-corrected chi connectivity index (χ0v) is 12.7. The molecule has 7 heteroatoms. The molecule has 2 atom stereocenters. The molecule has 1 fully saturated rings. The van der Waals surface area contributed by atoms with Gasteiger partial charge in [0, 0.05) is 36.3 Å². The van der Waals surface area contributed by atoms with E-state index in [0.717, 1.165) is 0 Å². The Hall–Kier alpha value is -1.66. The summed E-state index contributed by atoms with van der Waals surface area (Å²) in [5, 5.41) is 11.5. The molecule has 0 spiro atoms. The van der Waals surface area contributed by atoms with Crippen LogP contribution in [0.2, 0.25) is 5.02 Å². The van der Waals surface area contributed by atoms with E-state index in [2.05, 4.69) is 0 Å². The average Bonchev–Trinajstić information content (AvgIpc) is 2.78. The van der Waals surface area contributed by atoms with Crippen LogP contribution in [0.15, 0.2) is 18.2 Å². The van der Waals surface area contributed by atoms with Gasteiger partial charge in [0.25, 0.3) is 5.69 Å². The number of carbonyl (C=O) groups excluding carboxylic acids is 1. The van der Waals surface area contributed by atoms with Gasteiger partial charge in [-0.1, -0.05) is 18.5 Å². The van der Waals surface area contributed by atoms with Crippen molar-refractivity contribution in [3.8, 4) is 0 Å². The molecule has 2 rings (SSSR count). The number of nitro benzene ring substituents is 1. The summed E-state index contributed by atoms with van der Waals surface area (Å²) in [7, 11) is 1.37. The minimum atomic E-state index is -0.414. The van der Waals surface area contributed by atoms with E-state index in [1.807, 2.05) is 11.8 Å². The molecule has 0 saturated carbocycles. The molecule has 0 bridgehead atoms. The molecule has 0 radical (unpaired) electrons. The highest BCUT2D eigenvalue weighted by Crippen LogP contribution is 2.29. The summed E-state index contributed by atoms with van der Waals surface area (Å²) in [5.41, 5.74) is 0.610. The number of nitrogens with zero attached hydrogens (tertiary/aromatic N) is 2. The van der Waals surface area contributed by atoms with E-state index in [-0.39, 0.29) is 23.5 Å².